The molecule has 0 bridgehead atoms. The van der Waals surface area contributed by atoms with Crippen molar-refractivity contribution in [1.82, 2.24) is 0 Å². The van der Waals surface area contributed by atoms with Crippen LogP contribution in [0.1, 0.15) is 104 Å². The number of anilines is 1. The first kappa shape index (κ1) is 30.1. The van der Waals surface area contributed by atoms with Crippen LogP contribution < -0.4 is 10.0 Å². The van der Waals surface area contributed by atoms with Crippen molar-refractivity contribution in [3.05, 3.63) is 94.4 Å². The van der Waals surface area contributed by atoms with E-state index in [1.807, 2.05) is 12.2 Å². The zero-order valence-corrected chi connectivity index (χ0v) is 26.6. The van der Waals surface area contributed by atoms with Crippen LogP contribution in [0.3, 0.4) is 0 Å². The summed E-state index contributed by atoms with van der Waals surface area (Å²) >= 11 is 0. The first-order chi connectivity index (χ1) is 20.1. The fourth-order valence-electron chi connectivity index (χ4n) is 7.05. The highest BCUT2D eigenvalue weighted by molar-refractivity contribution is 6.24. The number of fused-ring (bicyclic) bond motifs is 2. The molecule has 222 valence electrons. The number of benzene rings is 2. The van der Waals surface area contributed by atoms with E-state index in [1.165, 1.54) is 61.0 Å². The summed E-state index contributed by atoms with van der Waals surface area (Å²) in [7, 11) is 0. The van der Waals surface area contributed by atoms with Gasteiger partial charge in [-0.15, -0.1) is 0 Å². The molecule has 0 unspecified atom stereocenters. The lowest BCUT2D eigenvalue weighted by Crippen LogP contribution is -2.35. The fraction of sp³-hybridized carbons (Fsp3) is 0.474. The van der Waals surface area contributed by atoms with Crippen molar-refractivity contribution in [3.63, 3.8) is 0 Å². The van der Waals surface area contributed by atoms with Crippen LogP contribution in [0.2, 0.25) is 0 Å². The molecule has 5 rings (SSSR count). The number of para-hydroxylation sites is 2. The van der Waals surface area contributed by atoms with E-state index < -0.39 is 0 Å². The third-order valence-electron chi connectivity index (χ3n) is 9.61. The normalized spacial score (nSPS) is 20.5. The Bertz CT molecular complexity index is 1480. The molecule has 0 radical (unpaired) electrons. The van der Waals surface area contributed by atoms with Crippen LogP contribution in [0, 0.1) is 0 Å². The van der Waals surface area contributed by atoms with Gasteiger partial charge in [0.05, 0.1) is 5.41 Å². The second kappa shape index (κ2) is 12.1. The molecule has 4 nitrogen and oxygen atoms in total. The molecule has 0 fully saturated rings. The maximum atomic E-state index is 13.7. The summed E-state index contributed by atoms with van der Waals surface area (Å²) in [6, 6.07) is 17.0. The predicted octanol–water partition coefficient (Wildman–Crippen LogP) is 8.03. The summed E-state index contributed by atoms with van der Waals surface area (Å²) in [5.41, 5.74) is 7.06. The molecule has 2 aliphatic heterocycles. The molecule has 1 aliphatic carbocycles. The third-order valence-corrected chi connectivity index (χ3v) is 9.61. The van der Waals surface area contributed by atoms with Gasteiger partial charge in [-0.25, -0.2) is 0 Å². The van der Waals surface area contributed by atoms with E-state index in [0.717, 1.165) is 37.3 Å². The van der Waals surface area contributed by atoms with E-state index in [9.17, 15) is 9.90 Å². The van der Waals surface area contributed by atoms with Gasteiger partial charge < -0.3 is 10.0 Å². The standard InChI is InChI=1S/C38H48N2O2/c1-7-9-11-17-23-39-31-21-15-13-19-29(31)37(3,4)33(39)25-27-35(41)28(36(27)42)26-34-38(5,6)30-20-14-16-22-32(30)40(34)24-18-12-10-8-2/h13-16,19-22,25-26H,7-12,17-18,23-24H2,1-6H3. The van der Waals surface area contributed by atoms with E-state index in [2.05, 4.69) is 99.5 Å². The van der Waals surface area contributed by atoms with Crippen molar-refractivity contribution < 1.29 is 14.5 Å². The maximum Gasteiger partial charge on any atom is 0.209 e. The quantitative estimate of drug-likeness (QED) is 0.149. The Morgan fingerprint density at radius 2 is 1.43 bits per heavy atom. The smallest absolute Gasteiger partial charge is 0.209 e. The highest BCUT2D eigenvalue weighted by Crippen LogP contribution is 2.49. The Labute approximate surface area is 253 Å². The molecule has 0 saturated heterocycles. The average Bonchev–Trinajstić information content (AvgIpc) is 3.33. The summed E-state index contributed by atoms with van der Waals surface area (Å²) in [5, 5.41) is 13.7. The zero-order chi connectivity index (χ0) is 30.1. The van der Waals surface area contributed by atoms with Gasteiger partial charge in [-0.2, -0.15) is 4.58 Å². The van der Waals surface area contributed by atoms with Crippen LogP contribution in [-0.2, 0) is 15.6 Å². The van der Waals surface area contributed by atoms with Crippen LogP contribution >= 0.6 is 0 Å². The number of allylic oxidation sites excluding steroid dienone is 5. The molecule has 2 aromatic carbocycles. The van der Waals surface area contributed by atoms with Gasteiger partial charge in [-0.1, -0.05) is 102 Å². The molecule has 0 atom stereocenters. The minimum atomic E-state index is -0.284. The molecule has 4 heteroatoms. The molecule has 0 amide bonds. The Morgan fingerprint density at radius 3 is 2.12 bits per heavy atom. The van der Waals surface area contributed by atoms with Crippen LogP contribution in [-0.4, -0.2) is 29.2 Å². The van der Waals surface area contributed by atoms with Crippen LogP contribution in [0.15, 0.2) is 83.3 Å². The predicted molar refractivity (Wildman–Crippen MR) is 173 cm³/mol. The van der Waals surface area contributed by atoms with Gasteiger partial charge >= 0.3 is 0 Å². The molecule has 42 heavy (non-hydrogen) atoms. The molecular formula is C38H48N2O2. The van der Waals surface area contributed by atoms with Gasteiger partial charge in [0.25, 0.3) is 0 Å². The third kappa shape index (κ3) is 5.18. The van der Waals surface area contributed by atoms with Gasteiger partial charge in [-0.05, 0) is 44.4 Å². The molecule has 3 aliphatic rings. The number of rotatable bonds is 12. The number of carbonyl (C=O) groups excluding carboxylic acids is 1. The monoisotopic (exact) mass is 564 g/mol. The van der Waals surface area contributed by atoms with Crippen molar-refractivity contribution in [2.24, 2.45) is 0 Å². The van der Waals surface area contributed by atoms with E-state index in [4.69, 9.17) is 0 Å². The Kier molecular flexibility index (Phi) is 8.64. The van der Waals surface area contributed by atoms with E-state index in [-0.39, 0.29) is 22.4 Å². The lowest BCUT2D eigenvalue weighted by molar-refractivity contribution is -0.438. The van der Waals surface area contributed by atoms with Crippen molar-refractivity contribution >= 4 is 22.9 Å². The van der Waals surface area contributed by atoms with E-state index in [1.54, 1.807) is 0 Å². The fourth-order valence-corrected chi connectivity index (χ4v) is 7.05. The highest BCUT2D eigenvalue weighted by Gasteiger charge is 2.46. The van der Waals surface area contributed by atoms with E-state index >= 15 is 0 Å². The number of Topliss-reactive ketones (excluding diaryl/α,β-unsaturated/α-hetero) is 1. The topological polar surface area (TPSA) is 46.4 Å². The summed E-state index contributed by atoms with van der Waals surface area (Å²) < 4.78 is 2.35. The largest absolute Gasteiger partial charge is 0.871 e. The molecular weight excluding hydrogens is 516 g/mol. The number of hydrogen-bond donors (Lipinski definition) is 0. The van der Waals surface area contributed by atoms with Gasteiger partial charge in [-0.3, -0.25) is 4.79 Å². The number of hydrogen-bond acceptors (Lipinski definition) is 3. The Hall–Kier alpha value is -3.40. The summed E-state index contributed by atoms with van der Waals surface area (Å²) in [5.74, 6) is -0.259. The second-order valence-electron chi connectivity index (χ2n) is 13.3. The lowest BCUT2D eigenvalue weighted by atomic mass is 9.77. The summed E-state index contributed by atoms with van der Waals surface area (Å²) in [6.45, 7) is 15.1. The SMILES string of the molecule is CCCCCCN1/C(=C/C2=C([O-])C(=C\C3=[N+](CCCCCC)c4ccccc4C3(C)C)/C2=O)C(C)(C)c2ccccc21. The van der Waals surface area contributed by atoms with Crippen molar-refractivity contribution in [2.75, 3.05) is 18.0 Å². The van der Waals surface area contributed by atoms with Crippen LogP contribution in [0.4, 0.5) is 11.4 Å². The second-order valence-corrected chi connectivity index (χ2v) is 13.3. The Balaban J connectivity index is 1.51. The molecule has 2 aromatic rings. The van der Waals surface area contributed by atoms with Gasteiger partial charge in [0.2, 0.25) is 5.69 Å². The summed E-state index contributed by atoms with van der Waals surface area (Å²) in [4.78, 5) is 16.1. The van der Waals surface area contributed by atoms with Crippen molar-refractivity contribution in [1.29, 1.82) is 0 Å². The van der Waals surface area contributed by atoms with Gasteiger partial charge in [0, 0.05) is 58.6 Å². The average molecular weight is 565 g/mol. The molecule has 0 saturated carbocycles. The minimum absolute atomic E-state index is 0.129. The molecule has 2 heterocycles. The highest BCUT2D eigenvalue weighted by atomic mass is 16.3. The molecule has 0 N–H and O–H groups in total. The lowest BCUT2D eigenvalue weighted by Gasteiger charge is -2.33. The molecule has 0 aromatic heterocycles. The van der Waals surface area contributed by atoms with Gasteiger partial charge in [0.1, 0.15) is 6.54 Å². The van der Waals surface area contributed by atoms with Crippen LogP contribution in [0.25, 0.3) is 0 Å². The Morgan fingerprint density at radius 1 is 0.786 bits per heavy atom. The first-order valence-corrected chi connectivity index (χ1v) is 16.2. The summed E-state index contributed by atoms with van der Waals surface area (Å²) in [6.07, 6.45) is 13.2. The van der Waals surface area contributed by atoms with Gasteiger partial charge in [0.15, 0.2) is 11.5 Å². The molecule has 0 spiro atoms. The zero-order valence-electron chi connectivity index (χ0n) is 26.6. The van der Waals surface area contributed by atoms with E-state index in [0.29, 0.717) is 11.1 Å². The van der Waals surface area contributed by atoms with Crippen molar-refractivity contribution in [2.45, 2.75) is 104 Å². The number of nitrogens with zero attached hydrogens (tertiary/aromatic N) is 2. The van der Waals surface area contributed by atoms with Crippen LogP contribution in [0.5, 0.6) is 0 Å². The number of carbonyl (C=O) groups is 1. The number of unbranched alkanes of at least 4 members (excludes halogenated alkanes) is 6. The van der Waals surface area contributed by atoms with Crippen molar-refractivity contribution in [3.8, 4) is 0 Å². The maximum absolute atomic E-state index is 13.7. The first-order valence-electron chi connectivity index (χ1n) is 16.2. The minimum Gasteiger partial charge on any atom is -0.871 e. The number of ketones is 1.